The number of nitrogens with zero attached hydrogens (tertiary/aromatic N) is 3. The summed E-state index contributed by atoms with van der Waals surface area (Å²) in [6, 6.07) is 13.8. The number of nitrogens with one attached hydrogen (secondary N) is 1. The van der Waals surface area contributed by atoms with E-state index in [-0.39, 0.29) is 12.2 Å². The molecule has 2 aromatic carbocycles. The van der Waals surface area contributed by atoms with Crippen LogP contribution in [-0.2, 0) is 16.1 Å². The molecule has 7 nitrogen and oxygen atoms in total. The predicted octanol–water partition coefficient (Wildman–Crippen LogP) is 2.58. The average molecular weight is 348 g/mol. The van der Waals surface area contributed by atoms with Gasteiger partial charge in [-0.1, -0.05) is 24.3 Å². The van der Waals surface area contributed by atoms with Crippen LogP contribution in [0.3, 0.4) is 0 Å². The zero-order valence-electron chi connectivity index (χ0n) is 14.0. The minimum Gasteiger partial charge on any atom is -0.456 e. The molecule has 0 aliphatic rings. The number of carbonyl (C=O) groups excluding carboxylic acids is 1. The van der Waals surface area contributed by atoms with Crippen molar-refractivity contribution < 1.29 is 9.53 Å². The normalized spacial score (nSPS) is 12.3. The van der Waals surface area contributed by atoms with Crippen LogP contribution in [0.4, 0.5) is 0 Å². The highest BCUT2D eigenvalue weighted by Crippen LogP contribution is 2.13. The van der Waals surface area contributed by atoms with Gasteiger partial charge in [-0.2, -0.15) is 0 Å². The van der Waals surface area contributed by atoms with Crippen molar-refractivity contribution in [1.82, 2.24) is 19.5 Å². The number of imidazole rings is 1. The van der Waals surface area contributed by atoms with Gasteiger partial charge in [0.15, 0.2) is 0 Å². The van der Waals surface area contributed by atoms with Gasteiger partial charge in [0.2, 0.25) is 0 Å². The zero-order valence-corrected chi connectivity index (χ0v) is 14.0. The second kappa shape index (κ2) is 6.44. The number of H-pyrrole nitrogens is 1. The molecule has 2 aromatic heterocycles. The highest BCUT2D eigenvalue weighted by molar-refractivity contribution is 5.78. The number of ether oxygens (including phenoxy) is 1. The van der Waals surface area contributed by atoms with Gasteiger partial charge >= 0.3 is 5.97 Å². The van der Waals surface area contributed by atoms with Crippen LogP contribution in [0.15, 0.2) is 59.7 Å². The van der Waals surface area contributed by atoms with Crippen LogP contribution in [0.5, 0.6) is 0 Å². The van der Waals surface area contributed by atoms with Crippen molar-refractivity contribution in [2.24, 2.45) is 0 Å². The number of aromatic amines is 1. The quantitative estimate of drug-likeness (QED) is 0.573. The summed E-state index contributed by atoms with van der Waals surface area (Å²) in [7, 11) is 0. The molecule has 0 spiro atoms. The van der Waals surface area contributed by atoms with Gasteiger partial charge in [0.1, 0.15) is 18.5 Å². The van der Waals surface area contributed by atoms with E-state index in [1.807, 2.05) is 30.3 Å². The molecule has 2 heterocycles. The molecule has 0 bridgehead atoms. The molecule has 26 heavy (non-hydrogen) atoms. The number of hydrogen-bond donors (Lipinski definition) is 1. The average Bonchev–Trinajstić information content (AvgIpc) is 3.09. The number of esters is 1. The fourth-order valence-corrected chi connectivity index (χ4v) is 2.81. The van der Waals surface area contributed by atoms with Gasteiger partial charge in [-0.25, -0.2) is 14.8 Å². The third-order valence-corrected chi connectivity index (χ3v) is 4.24. The molecule has 0 aliphatic carbocycles. The second-order valence-electron chi connectivity index (χ2n) is 5.96. The molecule has 4 rings (SSSR count). The molecule has 0 amide bonds. The Bertz CT molecular complexity index is 1130. The summed E-state index contributed by atoms with van der Waals surface area (Å²) in [5.41, 5.74) is 2.00. The van der Waals surface area contributed by atoms with E-state index in [0.717, 1.165) is 11.0 Å². The summed E-state index contributed by atoms with van der Waals surface area (Å²) >= 11 is 0. The number of rotatable bonds is 4. The first-order valence-corrected chi connectivity index (χ1v) is 8.19. The fraction of sp³-hybridized carbons (Fsp3) is 0.158. The Morgan fingerprint density at radius 2 is 1.88 bits per heavy atom. The molecule has 0 aliphatic heterocycles. The Balaban J connectivity index is 1.52. The summed E-state index contributed by atoms with van der Waals surface area (Å²) < 4.78 is 6.60. The Morgan fingerprint density at radius 3 is 2.69 bits per heavy atom. The molecule has 130 valence electrons. The smallest absolute Gasteiger partial charge is 0.329 e. The SMILES string of the molecule is C[C@@H](C(=O)OCc1nc2ccccc2[nH]1)n1cnc2ccccc2c1=O. The topological polar surface area (TPSA) is 89.9 Å². The Morgan fingerprint density at radius 1 is 1.15 bits per heavy atom. The van der Waals surface area contributed by atoms with E-state index in [1.54, 1.807) is 25.1 Å². The minimum atomic E-state index is -0.788. The number of aromatic nitrogens is 4. The standard InChI is InChI=1S/C19H16N4O3/c1-12(23-11-20-14-7-3-2-6-13(14)18(23)24)19(25)26-10-17-21-15-8-4-5-9-16(15)22-17/h2-9,11-12H,10H2,1H3,(H,21,22)/t12-/m0/s1. The van der Waals surface area contributed by atoms with E-state index in [0.29, 0.717) is 16.7 Å². The van der Waals surface area contributed by atoms with Gasteiger partial charge in [0.25, 0.3) is 5.56 Å². The van der Waals surface area contributed by atoms with Crippen molar-refractivity contribution >= 4 is 27.9 Å². The lowest BCUT2D eigenvalue weighted by Gasteiger charge is -2.14. The van der Waals surface area contributed by atoms with Crippen LogP contribution < -0.4 is 5.56 Å². The third kappa shape index (κ3) is 2.83. The summed E-state index contributed by atoms with van der Waals surface area (Å²) in [6.45, 7) is 1.62. The number of para-hydroxylation sites is 3. The molecular weight excluding hydrogens is 332 g/mol. The van der Waals surface area contributed by atoms with Crippen molar-refractivity contribution in [2.75, 3.05) is 0 Å². The molecule has 0 fully saturated rings. The van der Waals surface area contributed by atoms with E-state index in [4.69, 9.17) is 4.74 Å². The van der Waals surface area contributed by atoms with Crippen molar-refractivity contribution in [3.8, 4) is 0 Å². The summed E-state index contributed by atoms with van der Waals surface area (Å²) in [5.74, 6) is 0.0281. The number of benzene rings is 2. The van der Waals surface area contributed by atoms with Crippen LogP contribution >= 0.6 is 0 Å². The first-order chi connectivity index (χ1) is 12.6. The monoisotopic (exact) mass is 348 g/mol. The lowest BCUT2D eigenvalue weighted by Crippen LogP contribution is -2.29. The molecule has 0 unspecified atom stereocenters. The maximum absolute atomic E-state index is 12.6. The lowest BCUT2D eigenvalue weighted by molar-refractivity contribution is -0.148. The first-order valence-electron chi connectivity index (χ1n) is 8.19. The molecule has 1 N–H and O–H groups in total. The van der Waals surface area contributed by atoms with E-state index in [9.17, 15) is 9.59 Å². The summed E-state index contributed by atoms with van der Waals surface area (Å²) in [6.07, 6.45) is 1.37. The van der Waals surface area contributed by atoms with E-state index in [1.165, 1.54) is 10.9 Å². The second-order valence-corrected chi connectivity index (χ2v) is 5.96. The van der Waals surface area contributed by atoms with Gasteiger partial charge in [0, 0.05) is 0 Å². The van der Waals surface area contributed by atoms with Gasteiger partial charge in [-0.05, 0) is 31.2 Å². The van der Waals surface area contributed by atoms with E-state index >= 15 is 0 Å². The van der Waals surface area contributed by atoms with Gasteiger partial charge < -0.3 is 9.72 Å². The highest BCUT2D eigenvalue weighted by atomic mass is 16.5. The lowest BCUT2D eigenvalue weighted by atomic mass is 10.2. The van der Waals surface area contributed by atoms with Crippen LogP contribution in [0.25, 0.3) is 21.9 Å². The van der Waals surface area contributed by atoms with Crippen LogP contribution in [0.2, 0.25) is 0 Å². The van der Waals surface area contributed by atoms with Crippen LogP contribution in [0.1, 0.15) is 18.8 Å². The maximum Gasteiger partial charge on any atom is 0.329 e. The van der Waals surface area contributed by atoms with Crippen molar-refractivity contribution in [3.63, 3.8) is 0 Å². The molecule has 4 aromatic rings. The van der Waals surface area contributed by atoms with E-state index in [2.05, 4.69) is 15.0 Å². The molecule has 0 saturated carbocycles. The Labute approximate surface area is 148 Å². The Hall–Kier alpha value is -3.48. The maximum atomic E-state index is 12.6. The summed E-state index contributed by atoms with van der Waals surface area (Å²) in [5, 5.41) is 0.465. The molecule has 1 atom stereocenters. The van der Waals surface area contributed by atoms with Crippen LogP contribution in [-0.4, -0.2) is 25.5 Å². The predicted molar refractivity (Wildman–Crippen MR) is 96.6 cm³/mol. The molecular formula is C19H16N4O3. The van der Waals surface area contributed by atoms with Gasteiger partial charge in [-0.3, -0.25) is 9.36 Å². The van der Waals surface area contributed by atoms with Crippen molar-refractivity contribution in [2.45, 2.75) is 19.6 Å². The number of hydrogen-bond acceptors (Lipinski definition) is 5. The minimum absolute atomic E-state index is 0.00755. The van der Waals surface area contributed by atoms with Crippen molar-refractivity contribution in [3.05, 3.63) is 71.0 Å². The van der Waals surface area contributed by atoms with Crippen molar-refractivity contribution in [1.29, 1.82) is 0 Å². The fourth-order valence-electron chi connectivity index (χ4n) is 2.81. The largest absolute Gasteiger partial charge is 0.456 e. The zero-order chi connectivity index (χ0) is 18.1. The molecule has 7 heteroatoms. The number of fused-ring (bicyclic) bond motifs is 2. The number of carbonyl (C=O) groups is 1. The van der Waals surface area contributed by atoms with Gasteiger partial charge in [-0.15, -0.1) is 0 Å². The molecule has 0 radical (unpaired) electrons. The van der Waals surface area contributed by atoms with Gasteiger partial charge in [0.05, 0.1) is 28.3 Å². The first kappa shape index (κ1) is 16.0. The summed E-state index contributed by atoms with van der Waals surface area (Å²) in [4.78, 5) is 36.6. The third-order valence-electron chi connectivity index (χ3n) is 4.24. The Kier molecular flexibility index (Phi) is 3.96. The highest BCUT2D eigenvalue weighted by Gasteiger charge is 2.19. The van der Waals surface area contributed by atoms with Crippen LogP contribution in [0, 0.1) is 0 Å². The molecule has 0 saturated heterocycles. The van der Waals surface area contributed by atoms with E-state index < -0.39 is 12.0 Å².